The summed E-state index contributed by atoms with van der Waals surface area (Å²) in [5, 5.41) is 5.82. The number of carbonyl (C=O) groups excluding carboxylic acids is 2. The van der Waals surface area contributed by atoms with Gasteiger partial charge in [-0.25, -0.2) is 9.78 Å². The molecule has 1 atom stereocenters. The molecule has 36 heavy (non-hydrogen) atoms. The molecule has 3 amide bonds. The zero-order valence-electron chi connectivity index (χ0n) is 20.1. The molecular formula is C27H27N5O4. The molecule has 4 aromatic rings. The highest BCUT2D eigenvalue weighted by Gasteiger charge is 2.31. The molecule has 1 aromatic heterocycles. The fourth-order valence-electron chi connectivity index (χ4n) is 4.38. The third-order valence-electron chi connectivity index (χ3n) is 6.18. The van der Waals surface area contributed by atoms with E-state index in [4.69, 9.17) is 9.47 Å². The Bertz CT molecular complexity index is 1380. The topological polar surface area (TPSA) is 97.7 Å². The zero-order valence-corrected chi connectivity index (χ0v) is 20.1. The zero-order chi connectivity index (χ0) is 25.1. The SMILES string of the molecule is COc1cc(NC(=O)[C@H](Cc2ccccc2)NC(=O)N2CCn3c2nc2ccccc23)cc(OC)c1. The molecule has 0 saturated heterocycles. The Morgan fingerprint density at radius 3 is 2.36 bits per heavy atom. The number of aromatic nitrogens is 2. The van der Waals surface area contributed by atoms with E-state index in [1.807, 2.05) is 59.2 Å². The minimum Gasteiger partial charge on any atom is -0.497 e. The fourth-order valence-corrected chi connectivity index (χ4v) is 4.38. The molecule has 0 radical (unpaired) electrons. The molecule has 1 aliphatic heterocycles. The van der Waals surface area contributed by atoms with Gasteiger partial charge in [0, 0.05) is 43.4 Å². The van der Waals surface area contributed by atoms with Gasteiger partial charge in [-0.15, -0.1) is 0 Å². The molecule has 184 valence electrons. The molecule has 5 rings (SSSR count). The largest absolute Gasteiger partial charge is 0.497 e. The minimum atomic E-state index is -0.824. The molecule has 0 aliphatic carbocycles. The van der Waals surface area contributed by atoms with Crippen LogP contribution in [0.2, 0.25) is 0 Å². The predicted molar refractivity (Wildman–Crippen MR) is 138 cm³/mol. The molecular weight excluding hydrogens is 458 g/mol. The molecule has 9 heteroatoms. The number of urea groups is 1. The molecule has 9 nitrogen and oxygen atoms in total. The number of fused-ring (bicyclic) bond motifs is 3. The average Bonchev–Trinajstić information content (AvgIpc) is 3.48. The van der Waals surface area contributed by atoms with Gasteiger partial charge in [-0.3, -0.25) is 9.69 Å². The normalized spacial score (nSPS) is 13.2. The Morgan fingerprint density at radius 2 is 1.64 bits per heavy atom. The van der Waals surface area contributed by atoms with E-state index in [0.29, 0.717) is 42.6 Å². The maximum absolute atomic E-state index is 13.4. The average molecular weight is 486 g/mol. The van der Waals surface area contributed by atoms with Crippen LogP contribution in [-0.2, 0) is 17.8 Å². The van der Waals surface area contributed by atoms with E-state index in [1.54, 1.807) is 37.3 Å². The number of ether oxygens (including phenoxy) is 2. The van der Waals surface area contributed by atoms with E-state index in [1.165, 1.54) is 0 Å². The molecule has 0 unspecified atom stereocenters. The Hall–Kier alpha value is -4.53. The quantitative estimate of drug-likeness (QED) is 0.415. The summed E-state index contributed by atoms with van der Waals surface area (Å²) in [6.45, 7) is 1.12. The molecule has 0 spiro atoms. The van der Waals surface area contributed by atoms with Crippen LogP contribution in [-0.4, -0.2) is 48.3 Å². The molecule has 0 bridgehead atoms. The van der Waals surface area contributed by atoms with Gasteiger partial charge < -0.3 is 24.7 Å². The number of nitrogens with zero attached hydrogens (tertiary/aromatic N) is 3. The molecule has 0 saturated carbocycles. The monoisotopic (exact) mass is 485 g/mol. The third kappa shape index (κ3) is 4.68. The summed E-state index contributed by atoms with van der Waals surface area (Å²) in [6.07, 6.45) is 0.323. The second-order valence-electron chi connectivity index (χ2n) is 8.49. The first-order valence-corrected chi connectivity index (χ1v) is 11.7. The first-order chi connectivity index (χ1) is 17.6. The number of amides is 3. The van der Waals surface area contributed by atoms with Gasteiger partial charge in [-0.1, -0.05) is 42.5 Å². The summed E-state index contributed by atoms with van der Waals surface area (Å²) < 4.78 is 12.6. The van der Waals surface area contributed by atoms with Crippen LogP contribution in [0.15, 0.2) is 72.8 Å². The van der Waals surface area contributed by atoms with Crippen molar-refractivity contribution >= 4 is 34.6 Å². The highest BCUT2D eigenvalue weighted by molar-refractivity contribution is 6.00. The number of hydrogen-bond acceptors (Lipinski definition) is 5. The smallest absolute Gasteiger partial charge is 0.324 e. The van der Waals surface area contributed by atoms with E-state index in [2.05, 4.69) is 15.6 Å². The number of rotatable bonds is 7. The number of para-hydroxylation sites is 2. The first kappa shape index (κ1) is 23.2. The van der Waals surface area contributed by atoms with Crippen molar-refractivity contribution in [2.45, 2.75) is 19.0 Å². The fraction of sp³-hybridized carbons (Fsp3) is 0.222. The molecule has 0 fully saturated rings. The predicted octanol–water partition coefficient (Wildman–Crippen LogP) is 3.83. The number of benzene rings is 3. The van der Waals surface area contributed by atoms with Crippen molar-refractivity contribution in [2.75, 3.05) is 31.0 Å². The lowest BCUT2D eigenvalue weighted by Gasteiger charge is -2.22. The van der Waals surface area contributed by atoms with Crippen LogP contribution in [0.1, 0.15) is 5.56 Å². The van der Waals surface area contributed by atoms with Crippen molar-refractivity contribution in [1.29, 1.82) is 0 Å². The van der Waals surface area contributed by atoms with Gasteiger partial charge in [0.05, 0.1) is 25.3 Å². The maximum atomic E-state index is 13.4. The number of anilines is 2. The number of hydrogen-bond donors (Lipinski definition) is 2. The summed E-state index contributed by atoms with van der Waals surface area (Å²) in [6, 6.07) is 21.3. The molecule has 3 aromatic carbocycles. The standard InChI is InChI=1S/C27H27N5O4/c1-35-20-15-19(16-21(17-20)36-2)28-25(33)23(14-18-8-4-3-5-9-18)30-27(34)32-13-12-31-24-11-7-6-10-22(24)29-26(31)32/h3-11,15-17,23H,12-14H2,1-2H3,(H,28,33)(H,30,34)/t23-/m0/s1. The first-order valence-electron chi connectivity index (χ1n) is 11.7. The van der Waals surface area contributed by atoms with Crippen LogP contribution in [0.3, 0.4) is 0 Å². The van der Waals surface area contributed by atoms with Crippen LogP contribution in [0.4, 0.5) is 16.4 Å². The number of carbonyl (C=O) groups is 2. The molecule has 2 heterocycles. The van der Waals surface area contributed by atoms with Crippen LogP contribution < -0.4 is 25.0 Å². The van der Waals surface area contributed by atoms with Gasteiger partial charge in [0.25, 0.3) is 0 Å². The van der Waals surface area contributed by atoms with Gasteiger partial charge in [-0.05, 0) is 17.7 Å². The summed E-state index contributed by atoms with van der Waals surface area (Å²) in [5.41, 5.74) is 3.24. The van der Waals surface area contributed by atoms with E-state index in [9.17, 15) is 9.59 Å². The summed E-state index contributed by atoms with van der Waals surface area (Å²) in [5.74, 6) is 1.31. The van der Waals surface area contributed by atoms with Crippen molar-refractivity contribution in [1.82, 2.24) is 14.9 Å². The van der Waals surface area contributed by atoms with Crippen molar-refractivity contribution in [3.8, 4) is 11.5 Å². The lowest BCUT2D eigenvalue weighted by molar-refractivity contribution is -0.117. The summed E-state index contributed by atoms with van der Waals surface area (Å²) >= 11 is 0. The second-order valence-corrected chi connectivity index (χ2v) is 8.49. The Kier molecular flexibility index (Phi) is 6.44. The highest BCUT2D eigenvalue weighted by atomic mass is 16.5. The third-order valence-corrected chi connectivity index (χ3v) is 6.18. The van der Waals surface area contributed by atoms with E-state index >= 15 is 0 Å². The van der Waals surface area contributed by atoms with E-state index in [0.717, 1.165) is 16.6 Å². The van der Waals surface area contributed by atoms with Gasteiger partial charge in [0.2, 0.25) is 11.9 Å². The lowest BCUT2D eigenvalue weighted by Crippen LogP contribution is -2.50. The Balaban J connectivity index is 1.38. The van der Waals surface area contributed by atoms with E-state index in [-0.39, 0.29) is 11.9 Å². The molecule has 2 N–H and O–H groups in total. The van der Waals surface area contributed by atoms with Crippen LogP contribution >= 0.6 is 0 Å². The Morgan fingerprint density at radius 1 is 0.944 bits per heavy atom. The van der Waals surface area contributed by atoms with Gasteiger partial charge in [0.15, 0.2) is 0 Å². The number of methoxy groups -OCH3 is 2. The molecule has 1 aliphatic rings. The van der Waals surface area contributed by atoms with E-state index < -0.39 is 6.04 Å². The van der Waals surface area contributed by atoms with Crippen molar-refractivity contribution in [3.63, 3.8) is 0 Å². The minimum absolute atomic E-state index is 0.323. The second kappa shape index (κ2) is 9.99. The van der Waals surface area contributed by atoms with Gasteiger partial charge in [-0.2, -0.15) is 0 Å². The lowest BCUT2D eigenvalue weighted by atomic mass is 10.1. The highest BCUT2D eigenvalue weighted by Crippen LogP contribution is 2.28. The van der Waals surface area contributed by atoms with Crippen molar-refractivity contribution in [2.24, 2.45) is 0 Å². The Labute approximate surface area is 208 Å². The van der Waals surface area contributed by atoms with Crippen molar-refractivity contribution in [3.05, 3.63) is 78.4 Å². The summed E-state index contributed by atoms with van der Waals surface area (Å²) in [4.78, 5) is 33.0. The van der Waals surface area contributed by atoms with Crippen LogP contribution in [0.5, 0.6) is 11.5 Å². The number of nitrogens with one attached hydrogen (secondary N) is 2. The summed E-state index contributed by atoms with van der Waals surface area (Å²) in [7, 11) is 3.09. The van der Waals surface area contributed by atoms with Gasteiger partial charge >= 0.3 is 6.03 Å². The van der Waals surface area contributed by atoms with Crippen LogP contribution in [0.25, 0.3) is 11.0 Å². The number of imidazole rings is 1. The van der Waals surface area contributed by atoms with Crippen LogP contribution in [0, 0.1) is 0 Å². The van der Waals surface area contributed by atoms with Gasteiger partial charge in [0.1, 0.15) is 17.5 Å². The van der Waals surface area contributed by atoms with Crippen molar-refractivity contribution < 1.29 is 19.1 Å². The maximum Gasteiger partial charge on any atom is 0.324 e.